The Morgan fingerprint density at radius 2 is 1.41 bits per heavy atom. The summed E-state index contributed by atoms with van der Waals surface area (Å²) in [7, 11) is 0. The molecule has 0 aliphatic heterocycles. The van der Waals surface area contributed by atoms with Crippen molar-refractivity contribution >= 4 is 28.9 Å². The summed E-state index contributed by atoms with van der Waals surface area (Å²) in [5, 5.41) is 0. The predicted octanol–water partition coefficient (Wildman–Crippen LogP) is 5.37. The highest BCUT2D eigenvalue weighted by Crippen LogP contribution is 2.65. The van der Waals surface area contributed by atoms with Crippen LogP contribution in [0.25, 0.3) is 0 Å². The fourth-order valence-electron chi connectivity index (χ4n) is 1.06. The van der Waals surface area contributed by atoms with Gasteiger partial charge in [-0.25, -0.2) is 0 Å². The van der Waals surface area contributed by atoms with E-state index < -0.39 is 5.69 Å². The van der Waals surface area contributed by atoms with Crippen molar-refractivity contribution in [3.63, 3.8) is 0 Å². The lowest BCUT2D eigenvalue weighted by atomic mass is 10.2. The maximum Gasteiger partial charge on any atom is 0.248 e. The molecule has 0 saturated carbocycles. The molecule has 0 spiro atoms. The van der Waals surface area contributed by atoms with E-state index in [1.165, 1.54) is 6.42 Å². The fourth-order valence-corrected chi connectivity index (χ4v) is 7.92. The molecule has 104 valence electrons. The van der Waals surface area contributed by atoms with E-state index in [1.54, 1.807) is 11.4 Å². The lowest BCUT2D eigenvalue weighted by Crippen LogP contribution is -2.22. The minimum absolute atomic E-state index is 0.250. The first-order valence-electron chi connectivity index (χ1n) is 6.13. The second kappa shape index (κ2) is 6.91. The smallest absolute Gasteiger partial charge is 0.248 e. The normalized spacial score (nSPS) is 14.1. The van der Waals surface area contributed by atoms with E-state index in [-0.39, 0.29) is 11.2 Å². The molecule has 0 amide bonds. The first-order chi connectivity index (χ1) is 7.47. The van der Waals surface area contributed by atoms with Crippen LogP contribution in [-0.4, -0.2) is 17.0 Å². The van der Waals surface area contributed by atoms with Gasteiger partial charge in [-0.3, -0.25) is 0 Å². The van der Waals surface area contributed by atoms with Crippen LogP contribution in [0.2, 0.25) is 0 Å². The topological polar surface area (TPSA) is 18.5 Å². The van der Waals surface area contributed by atoms with Crippen molar-refractivity contribution in [1.29, 1.82) is 0 Å². The Hall–Kier alpha value is 0.920. The van der Waals surface area contributed by atoms with Gasteiger partial charge in [0.15, 0.2) is 0 Å². The van der Waals surface area contributed by atoms with E-state index in [4.69, 9.17) is 20.9 Å². The molecule has 0 aromatic rings. The van der Waals surface area contributed by atoms with Crippen molar-refractivity contribution in [2.24, 2.45) is 0 Å². The second-order valence-corrected chi connectivity index (χ2v) is 12.3. The fraction of sp³-hybridized carbons (Fsp3) is 1.00. The second-order valence-electron chi connectivity index (χ2n) is 6.04. The van der Waals surface area contributed by atoms with Crippen LogP contribution in [0.4, 0.5) is 0 Å². The Morgan fingerprint density at radius 3 is 1.71 bits per heavy atom. The van der Waals surface area contributed by atoms with Gasteiger partial charge in [-0.15, -0.1) is 0 Å². The van der Waals surface area contributed by atoms with Crippen LogP contribution >= 0.6 is 17.1 Å². The maximum absolute atomic E-state index is 6.01. The number of hydrogen-bond acceptors (Lipinski definition) is 4. The zero-order chi connectivity index (χ0) is 13.7. The molecule has 2 nitrogen and oxygen atoms in total. The summed E-state index contributed by atoms with van der Waals surface area (Å²) in [5.41, 5.74) is -2.74. The molecule has 0 aliphatic carbocycles. The number of unbranched alkanes of at least 4 members (excludes halogenated alkanes) is 1. The van der Waals surface area contributed by atoms with E-state index in [9.17, 15) is 0 Å². The molecule has 0 unspecified atom stereocenters. The Balaban J connectivity index is 4.64. The average molecular weight is 298 g/mol. The summed E-state index contributed by atoms with van der Waals surface area (Å²) >= 11 is 7.32. The van der Waals surface area contributed by atoms with Gasteiger partial charge in [0, 0.05) is 5.75 Å². The van der Waals surface area contributed by atoms with Crippen molar-refractivity contribution in [3.8, 4) is 0 Å². The molecule has 17 heavy (non-hydrogen) atoms. The van der Waals surface area contributed by atoms with Gasteiger partial charge in [-0.05, 0) is 59.8 Å². The molecule has 0 fully saturated rings. The van der Waals surface area contributed by atoms with Crippen molar-refractivity contribution in [2.45, 2.75) is 72.5 Å². The molecule has 5 heteroatoms. The van der Waals surface area contributed by atoms with Crippen molar-refractivity contribution in [3.05, 3.63) is 0 Å². The molecule has 0 radical (unpaired) electrons. The van der Waals surface area contributed by atoms with Gasteiger partial charge in [-0.1, -0.05) is 24.7 Å². The van der Waals surface area contributed by atoms with Crippen molar-refractivity contribution in [2.75, 3.05) is 5.75 Å². The van der Waals surface area contributed by atoms with Crippen molar-refractivity contribution in [1.82, 2.24) is 0 Å². The molecule has 0 aromatic carbocycles. The molecule has 0 heterocycles. The summed E-state index contributed by atoms with van der Waals surface area (Å²) in [6, 6.07) is 0. The largest absolute Gasteiger partial charge is 0.316 e. The lowest BCUT2D eigenvalue weighted by Gasteiger charge is -2.34. The minimum atomic E-state index is -2.24. The Bertz CT molecular complexity index is 247. The third kappa shape index (κ3) is 10.5. The van der Waals surface area contributed by atoms with E-state index in [0.717, 1.165) is 12.2 Å². The van der Waals surface area contributed by atoms with E-state index in [0.29, 0.717) is 0 Å². The van der Waals surface area contributed by atoms with Crippen LogP contribution in [0.1, 0.15) is 61.3 Å². The zero-order valence-corrected chi connectivity index (χ0v) is 14.7. The van der Waals surface area contributed by atoms with E-state index >= 15 is 0 Å². The van der Waals surface area contributed by atoms with E-state index in [2.05, 4.69) is 6.92 Å². The first-order valence-corrected chi connectivity index (χ1v) is 10.4. The molecule has 0 N–H and O–H groups in total. The van der Waals surface area contributed by atoms with Gasteiger partial charge in [0.25, 0.3) is 0 Å². The molecule has 0 bridgehead atoms. The third-order valence-electron chi connectivity index (χ3n) is 1.52. The molecular formula is C12H27O2PS2. The van der Waals surface area contributed by atoms with Gasteiger partial charge < -0.3 is 9.05 Å². The summed E-state index contributed by atoms with van der Waals surface area (Å²) in [6.07, 6.45) is 2.33. The van der Waals surface area contributed by atoms with Gasteiger partial charge in [0.05, 0.1) is 11.2 Å². The summed E-state index contributed by atoms with van der Waals surface area (Å²) in [4.78, 5) is 0. The molecule has 0 atom stereocenters. The number of hydrogen-bond donors (Lipinski definition) is 0. The summed E-state index contributed by atoms with van der Waals surface area (Å²) in [5.74, 6) is 1.01. The summed E-state index contributed by atoms with van der Waals surface area (Å²) in [6.45, 7) is 14.3. The summed E-state index contributed by atoms with van der Waals surface area (Å²) < 4.78 is 12.0. The molecule has 0 rings (SSSR count). The lowest BCUT2D eigenvalue weighted by molar-refractivity contribution is 0.0796. The Labute approximate surface area is 116 Å². The zero-order valence-electron chi connectivity index (χ0n) is 12.2. The highest BCUT2D eigenvalue weighted by atomic mass is 32.9. The van der Waals surface area contributed by atoms with Gasteiger partial charge >= 0.3 is 0 Å². The quantitative estimate of drug-likeness (QED) is 0.484. The highest BCUT2D eigenvalue weighted by molar-refractivity contribution is 8.67. The van der Waals surface area contributed by atoms with Crippen LogP contribution in [0.5, 0.6) is 0 Å². The Morgan fingerprint density at radius 1 is 1.00 bits per heavy atom. The van der Waals surface area contributed by atoms with Gasteiger partial charge in [-0.2, -0.15) is 0 Å². The van der Waals surface area contributed by atoms with Crippen LogP contribution in [0.3, 0.4) is 0 Å². The Kier molecular flexibility index (Phi) is 7.28. The monoisotopic (exact) mass is 298 g/mol. The van der Waals surface area contributed by atoms with Crippen molar-refractivity contribution < 1.29 is 9.05 Å². The standard InChI is InChI=1S/C12H27O2PS2/c1-8-9-10-17-15(16,13-11(2,3)4)14-12(5,6)7/h8-10H2,1-7H3. The molecule has 0 saturated heterocycles. The molecule has 0 aromatic heterocycles. The first kappa shape index (κ1) is 17.9. The van der Waals surface area contributed by atoms with Gasteiger partial charge in [0.1, 0.15) is 0 Å². The van der Waals surface area contributed by atoms with Crippen LogP contribution in [0, 0.1) is 0 Å². The van der Waals surface area contributed by atoms with Crippen LogP contribution < -0.4 is 0 Å². The number of rotatable bonds is 6. The maximum atomic E-state index is 6.01. The predicted molar refractivity (Wildman–Crippen MR) is 83.3 cm³/mol. The van der Waals surface area contributed by atoms with Gasteiger partial charge in [0.2, 0.25) is 5.69 Å². The minimum Gasteiger partial charge on any atom is -0.316 e. The van der Waals surface area contributed by atoms with E-state index in [1.807, 2.05) is 41.5 Å². The van der Waals surface area contributed by atoms with Crippen LogP contribution in [-0.2, 0) is 20.9 Å². The third-order valence-corrected chi connectivity index (χ3v) is 7.19. The highest BCUT2D eigenvalue weighted by Gasteiger charge is 2.31. The molecular weight excluding hydrogens is 271 g/mol. The molecule has 0 aliphatic rings. The average Bonchev–Trinajstić information content (AvgIpc) is 1.96. The van der Waals surface area contributed by atoms with Crippen LogP contribution in [0.15, 0.2) is 0 Å². The SMILES string of the molecule is CCCCSP(=S)(OC(C)(C)C)OC(C)(C)C.